The first-order chi connectivity index (χ1) is 13.5. The summed E-state index contributed by atoms with van der Waals surface area (Å²) in [4.78, 5) is 0.330. The SMILES string of the molecule is Cc1ccc(S(=O)(=O)C=C(SCc2ccccc2)SCc2ccccc2)cc1. The molecule has 0 saturated carbocycles. The third-order valence-electron chi connectivity index (χ3n) is 4.05. The number of thioether (sulfide) groups is 2. The van der Waals surface area contributed by atoms with E-state index in [0.717, 1.165) is 21.3 Å². The van der Waals surface area contributed by atoms with Crippen molar-refractivity contribution in [1.82, 2.24) is 0 Å². The van der Waals surface area contributed by atoms with E-state index in [2.05, 4.69) is 24.3 Å². The van der Waals surface area contributed by atoms with Crippen molar-refractivity contribution in [2.75, 3.05) is 0 Å². The van der Waals surface area contributed by atoms with Crippen LogP contribution in [-0.2, 0) is 21.3 Å². The minimum Gasteiger partial charge on any atom is -0.219 e. The van der Waals surface area contributed by atoms with Crippen molar-refractivity contribution >= 4 is 33.4 Å². The van der Waals surface area contributed by atoms with Crippen molar-refractivity contribution < 1.29 is 8.42 Å². The summed E-state index contributed by atoms with van der Waals surface area (Å²) in [6, 6.07) is 27.2. The molecule has 0 amide bonds. The average Bonchev–Trinajstić information content (AvgIpc) is 2.72. The molecule has 28 heavy (non-hydrogen) atoms. The van der Waals surface area contributed by atoms with Gasteiger partial charge in [-0.15, -0.1) is 23.5 Å². The molecule has 0 N–H and O–H groups in total. The van der Waals surface area contributed by atoms with Gasteiger partial charge in [0.15, 0.2) is 0 Å². The van der Waals surface area contributed by atoms with Gasteiger partial charge < -0.3 is 0 Å². The zero-order valence-corrected chi connectivity index (χ0v) is 18.1. The first-order valence-electron chi connectivity index (χ1n) is 8.90. The van der Waals surface area contributed by atoms with Crippen molar-refractivity contribution in [1.29, 1.82) is 0 Å². The molecule has 0 aliphatic carbocycles. The molecule has 5 heteroatoms. The highest BCUT2D eigenvalue weighted by Gasteiger charge is 2.14. The van der Waals surface area contributed by atoms with Crippen LogP contribution in [0.25, 0.3) is 0 Å². The summed E-state index contributed by atoms with van der Waals surface area (Å²) in [5.74, 6) is 1.47. The second-order valence-corrected chi connectivity index (χ2v) is 10.4. The lowest BCUT2D eigenvalue weighted by molar-refractivity contribution is 0.604. The maximum atomic E-state index is 12.9. The Morgan fingerprint density at radius 1 is 0.750 bits per heavy atom. The molecule has 0 radical (unpaired) electrons. The lowest BCUT2D eigenvalue weighted by Crippen LogP contribution is -1.97. The Morgan fingerprint density at radius 2 is 1.21 bits per heavy atom. The van der Waals surface area contributed by atoms with Crippen molar-refractivity contribution in [3.63, 3.8) is 0 Å². The van der Waals surface area contributed by atoms with Crippen LogP contribution in [-0.4, -0.2) is 8.42 Å². The Labute approximate surface area is 176 Å². The molecule has 0 heterocycles. The molecule has 0 aliphatic heterocycles. The monoisotopic (exact) mass is 426 g/mol. The summed E-state index contributed by atoms with van der Waals surface area (Å²) in [7, 11) is -3.49. The van der Waals surface area contributed by atoms with Crippen molar-refractivity contribution in [3.05, 3.63) is 111 Å². The maximum Gasteiger partial charge on any atom is 0.201 e. The predicted molar refractivity (Wildman–Crippen MR) is 122 cm³/mol. The zero-order chi connectivity index (χ0) is 19.8. The number of rotatable bonds is 8. The standard InChI is InChI=1S/C23H22O2S3/c1-19-12-14-22(15-13-19)28(24,25)18-23(26-16-20-8-4-2-5-9-20)27-17-21-10-6-3-7-11-21/h2-15,18H,16-17H2,1H3. The zero-order valence-electron chi connectivity index (χ0n) is 15.6. The van der Waals surface area contributed by atoms with Crippen LogP contribution in [0.3, 0.4) is 0 Å². The number of sulfone groups is 1. The fraction of sp³-hybridized carbons (Fsp3) is 0.130. The first-order valence-corrected chi connectivity index (χ1v) is 12.4. The van der Waals surface area contributed by atoms with Gasteiger partial charge in [-0.05, 0) is 30.2 Å². The van der Waals surface area contributed by atoms with E-state index in [0.29, 0.717) is 4.90 Å². The van der Waals surface area contributed by atoms with Gasteiger partial charge >= 0.3 is 0 Å². The van der Waals surface area contributed by atoms with E-state index >= 15 is 0 Å². The van der Waals surface area contributed by atoms with Gasteiger partial charge in [0, 0.05) is 11.5 Å². The Bertz CT molecular complexity index is 965. The van der Waals surface area contributed by atoms with Crippen LogP contribution in [0, 0.1) is 6.92 Å². The Morgan fingerprint density at radius 3 is 1.68 bits per heavy atom. The molecule has 0 unspecified atom stereocenters. The minimum atomic E-state index is -3.49. The summed E-state index contributed by atoms with van der Waals surface area (Å²) in [5.41, 5.74) is 3.39. The lowest BCUT2D eigenvalue weighted by Gasteiger charge is -2.09. The van der Waals surface area contributed by atoms with E-state index in [4.69, 9.17) is 0 Å². The summed E-state index contributed by atoms with van der Waals surface area (Å²) in [6.45, 7) is 1.95. The molecule has 0 fully saturated rings. The van der Waals surface area contributed by atoms with Crippen LogP contribution in [0.4, 0.5) is 0 Å². The van der Waals surface area contributed by atoms with Crippen LogP contribution in [0.15, 0.2) is 99.5 Å². The van der Waals surface area contributed by atoms with E-state index in [1.807, 2.05) is 55.5 Å². The molecule has 3 rings (SSSR count). The Balaban J connectivity index is 1.81. The van der Waals surface area contributed by atoms with Crippen molar-refractivity contribution in [3.8, 4) is 0 Å². The molecule has 3 aromatic rings. The molecular formula is C23H22O2S3. The highest BCUT2D eigenvalue weighted by Crippen LogP contribution is 2.35. The van der Waals surface area contributed by atoms with E-state index in [9.17, 15) is 8.42 Å². The largest absolute Gasteiger partial charge is 0.219 e. The number of hydrogen-bond acceptors (Lipinski definition) is 4. The summed E-state index contributed by atoms with van der Waals surface area (Å²) >= 11 is 3.13. The van der Waals surface area contributed by atoms with Gasteiger partial charge in [0.2, 0.25) is 9.84 Å². The van der Waals surface area contributed by atoms with Crippen LogP contribution in [0.2, 0.25) is 0 Å². The summed E-state index contributed by atoms with van der Waals surface area (Å²) < 4.78 is 26.5. The minimum absolute atomic E-state index is 0.330. The molecule has 0 aromatic heterocycles. The maximum absolute atomic E-state index is 12.9. The van der Waals surface area contributed by atoms with Gasteiger partial charge in [-0.2, -0.15) is 0 Å². The number of benzene rings is 3. The van der Waals surface area contributed by atoms with Crippen LogP contribution in [0.5, 0.6) is 0 Å². The van der Waals surface area contributed by atoms with Gasteiger partial charge in [0.05, 0.1) is 14.5 Å². The molecule has 0 atom stereocenters. The van der Waals surface area contributed by atoms with Crippen LogP contribution >= 0.6 is 23.5 Å². The van der Waals surface area contributed by atoms with Gasteiger partial charge in [-0.3, -0.25) is 0 Å². The quantitative estimate of drug-likeness (QED) is 0.415. The third kappa shape index (κ3) is 6.30. The van der Waals surface area contributed by atoms with Gasteiger partial charge in [-0.1, -0.05) is 78.4 Å². The fourth-order valence-corrected chi connectivity index (χ4v) is 6.39. The number of aryl methyl sites for hydroxylation is 1. The molecular weight excluding hydrogens is 404 g/mol. The van der Waals surface area contributed by atoms with E-state index < -0.39 is 9.84 Å². The highest BCUT2D eigenvalue weighted by molar-refractivity contribution is 8.22. The van der Waals surface area contributed by atoms with Gasteiger partial charge in [0.1, 0.15) is 0 Å². The highest BCUT2D eigenvalue weighted by atomic mass is 32.2. The summed E-state index contributed by atoms with van der Waals surface area (Å²) in [5, 5.41) is 1.42. The summed E-state index contributed by atoms with van der Waals surface area (Å²) in [6.07, 6.45) is 0. The smallest absolute Gasteiger partial charge is 0.201 e. The van der Waals surface area contributed by atoms with Gasteiger partial charge in [-0.25, -0.2) is 8.42 Å². The molecule has 0 spiro atoms. The lowest BCUT2D eigenvalue weighted by atomic mass is 10.2. The predicted octanol–water partition coefficient (Wildman–Crippen LogP) is 6.43. The molecule has 0 saturated heterocycles. The average molecular weight is 427 g/mol. The van der Waals surface area contributed by atoms with Crippen molar-refractivity contribution in [2.45, 2.75) is 23.3 Å². The third-order valence-corrected chi connectivity index (χ3v) is 8.29. The van der Waals surface area contributed by atoms with E-state index in [-0.39, 0.29) is 0 Å². The van der Waals surface area contributed by atoms with Gasteiger partial charge in [0.25, 0.3) is 0 Å². The van der Waals surface area contributed by atoms with Crippen molar-refractivity contribution in [2.24, 2.45) is 0 Å². The topological polar surface area (TPSA) is 34.1 Å². The molecule has 0 bridgehead atoms. The first kappa shape index (κ1) is 20.8. The molecule has 2 nitrogen and oxygen atoms in total. The van der Waals surface area contributed by atoms with Crippen LogP contribution in [0.1, 0.15) is 16.7 Å². The second kappa shape index (κ2) is 10.0. The fourth-order valence-electron chi connectivity index (χ4n) is 2.49. The molecule has 144 valence electrons. The Hall–Kier alpha value is -1.95. The van der Waals surface area contributed by atoms with E-state index in [1.165, 1.54) is 16.5 Å². The normalized spacial score (nSPS) is 11.2. The second-order valence-electron chi connectivity index (χ2n) is 6.34. The molecule has 3 aromatic carbocycles. The van der Waals surface area contributed by atoms with E-state index in [1.54, 1.807) is 35.7 Å². The Kier molecular flexibility index (Phi) is 7.43. The number of hydrogen-bond donors (Lipinski definition) is 0. The molecule has 0 aliphatic rings. The van der Waals surface area contributed by atoms with Crippen LogP contribution < -0.4 is 0 Å².